The Morgan fingerprint density at radius 1 is 1.57 bits per heavy atom. The molecule has 6 heteroatoms. The summed E-state index contributed by atoms with van der Waals surface area (Å²) in [6, 6.07) is 0. The molecule has 0 aromatic carbocycles. The van der Waals surface area contributed by atoms with E-state index in [2.05, 4.69) is 0 Å². The molecule has 7 heavy (non-hydrogen) atoms. The number of nitrogens with zero attached hydrogens (tertiary/aromatic N) is 1. The summed E-state index contributed by atoms with van der Waals surface area (Å²) in [5.41, 5.74) is 0. The van der Waals surface area contributed by atoms with Gasteiger partial charge in [0, 0.05) is 48.9 Å². The van der Waals surface area contributed by atoms with E-state index in [0.29, 0.717) is 5.40 Å². The molecule has 0 amide bonds. The van der Waals surface area contributed by atoms with Crippen LogP contribution < -0.4 is 0 Å². The van der Waals surface area contributed by atoms with Crippen LogP contribution in [0.2, 0.25) is 0 Å². The first-order valence-electron chi connectivity index (χ1n) is 0.944. The van der Waals surface area contributed by atoms with Crippen molar-refractivity contribution in [1.82, 2.24) is 0 Å². The first-order chi connectivity index (χ1) is 2.56. The fourth-order valence-electron chi connectivity index (χ4n) is 0. The van der Waals surface area contributed by atoms with E-state index in [9.17, 15) is 8.42 Å². The summed E-state index contributed by atoms with van der Waals surface area (Å²) in [7, 11) is -4.36. The van der Waals surface area contributed by atoms with Crippen LogP contribution in [0.25, 0.3) is 0 Å². The van der Waals surface area contributed by atoms with Gasteiger partial charge in [-0.2, -0.15) is 13.7 Å². The van der Waals surface area contributed by atoms with Gasteiger partial charge in [-0.1, -0.05) is 0 Å². The first-order valence-corrected chi connectivity index (χ1v) is 2.38. The molecule has 0 saturated carbocycles. The quantitative estimate of drug-likeness (QED) is 0.256. The molecule has 4 nitrogen and oxygen atoms in total. The van der Waals surface area contributed by atoms with Gasteiger partial charge in [-0.15, -0.1) is 0 Å². The van der Waals surface area contributed by atoms with Crippen molar-refractivity contribution in [3.05, 3.63) is 0 Å². The van der Waals surface area contributed by atoms with Crippen LogP contribution >= 0.6 is 0 Å². The van der Waals surface area contributed by atoms with E-state index in [0.717, 1.165) is 0 Å². The molecule has 0 heterocycles. The number of thiocyanates is 1. The summed E-state index contributed by atoms with van der Waals surface area (Å²) < 4.78 is 25.8. The second-order valence-corrected chi connectivity index (χ2v) is 1.70. The average Bonchev–Trinajstić information content (AvgIpc) is 1.35. The average molecular weight is 244 g/mol. The predicted molar refractivity (Wildman–Crippen MR) is 22.9 cm³/mol. The van der Waals surface area contributed by atoms with Gasteiger partial charge < -0.3 is 0 Å². The van der Waals surface area contributed by atoms with E-state index >= 15 is 0 Å². The van der Waals surface area contributed by atoms with Gasteiger partial charge in [0.05, 0.1) is 0 Å². The molecule has 0 saturated heterocycles. The molecule has 0 fully saturated rings. The summed E-state index contributed by atoms with van der Waals surface area (Å²) in [6.45, 7) is 0. The zero-order valence-corrected chi connectivity index (χ0v) is 8.58. The number of hydrogen-bond acceptors (Lipinski definition) is 3. The molecule has 0 atom stereocenters. The van der Waals surface area contributed by atoms with Crippen molar-refractivity contribution >= 4 is 59.0 Å². The molecule has 1 N–H and O–H groups in total. The summed E-state index contributed by atoms with van der Waals surface area (Å²) in [5, 5.41) is 7.95. The van der Waals surface area contributed by atoms with Gasteiger partial charge in [0.15, 0.2) is 0 Å². The van der Waals surface area contributed by atoms with Gasteiger partial charge in [-0.05, 0) is 0 Å². The minimum absolute atomic E-state index is 0. The molecule has 0 bridgehead atoms. The predicted octanol–water partition coefficient (Wildman–Crippen LogP) is -1.03. The zero-order valence-electron chi connectivity index (χ0n) is 3.33. The molecule has 36 valence electrons. The van der Waals surface area contributed by atoms with Crippen LogP contribution in [0.1, 0.15) is 0 Å². The summed E-state index contributed by atoms with van der Waals surface area (Å²) >= 11 is 0. The molecule has 0 aliphatic rings. The minimum atomic E-state index is -4.36. The Hall–Kier alpha value is 0.971. The third-order valence-electron chi connectivity index (χ3n) is 0.115. The van der Waals surface area contributed by atoms with Gasteiger partial charge in [0.25, 0.3) is 0 Å². The van der Waals surface area contributed by atoms with Crippen molar-refractivity contribution in [3.63, 3.8) is 0 Å². The number of hydrogen-bond donors (Lipinski definition) is 1. The Morgan fingerprint density at radius 2 is 1.71 bits per heavy atom. The molecule has 0 aromatic rings. The van der Waals surface area contributed by atoms with Crippen molar-refractivity contribution in [2.75, 3.05) is 0 Å². The van der Waals surface area contributed by atoms with Crippen LogP contribution in [0.3, 0.4) is 0 Å². The van der Waals surface area contributed by atoms with Gasteiger partial charge >= 0.3 is 10.1 Å². The molecule has 0 rings (SSSR count). The summed E-state index contributed by atoms with van der Waals surface area (Å²) in [5.74, 6) is 0. The van der Waals surface area contributed by atoms with Gasteiger partial charge in [0.2, 0.25) is 5.40 Å². The number of rotatable bonds is 0. The molecule has 0 aliphatic heterocycles. The van der Waals surface area contributed by atoms with Crippen molar-refractivity contribution in [1.29, 1.82) is 5.26 Å². The fourth-order valence-corrected chi connectivity index (χ4v) is 0. The van der Waals surface area contributed by atoms with Crippen LogP contribution in [0.4, 0.5) is 0 Å². The summed E-state index contributed by atoms with van der Waals surface area (Å²) in [6.07, 6.45) is 0. The Balaban J connectivity index is 0. The second-order valence-electron chi connectivity index (χ2n) is 0.566. The zero-order chi connectivity index (χ0) is 5.21. The fraction of sp³-hybridized carbons (Fsp3) is 0. The van der Waals surface area contributed by atoms with Crippen LogP contribution in [-0.4, -0.2) is 61.9 Å². The molecule has 0 spiro atoms. The van der Waals surface area contributed by atoms with E-state index in [4.69, 9.17) is 9.81 Å². The third-order valence-corrected chi connectivity index (χ3v) is 0.346. The van der Waals surface area contributed by atoms with Crippen molar-refractivity contribution in [3.8, 4) is 5.40 Å². The minimum Gasteiger partial charge on any atom is -0.274 e. The topological polar surface area (TPSA) is 78.2 Å². The maximum absolute atomic E-state index is 9.19. The van der Waals surface area contributed by atoms with Crippen molar-refractivity contribution < 1.29 is 13.0 Å². The van der Waals surface area contributed by atoms with E-state index in [1.54, 1.807) is 0 Å². The SMILES string of the molecule is N#CS(=O)(=O)O.[Ba]. The second kappa shape index (κ2) is 3.91. The Bertz CT molecular complexity index is 164. The van der Waals surface area contributed by atoms with E-state index in [1.165, 1.54) is 0 Å². The largest absolute Gasteiger partial charge is 0.360 e. The molecular formula is CHBaNO3S. The van der Waals surface area contributed by atoms with Gasteiger partial charge in [-0.3, -0.25) is 4.55 Å². The molecule has 0 unspecified atom stereocenters. The Kier molecular flexibility index (Phi) is 6.07. The van der Waals surface area contributed by atoms with Crippen LogP contribution in [0.15, 0.2) is 0 Å². The van der Waals surface area contributed by atoms with E-state index in [-0.39, 0.29) is 48.9 Å². The summed E-state index contributed by atoms with van der Waals surface area (Å²) in [4.78, 5) is 0. The monoisotopic (exact) mass is 245 g/mol. The van der Waals surface area contributed by atoms with E-state index in [1.807, 2.05) is 0 Å². The maximum Gasteiger partial charge on any atom is 0.360 e. The molecule has 2 radical (unpaired) electrons. The molecule has 0 aromatic heterocycles. The van der Waals surface area contributed by atoms with Crippen LogP contribution in [0.5, 0.6) is 0 Å². The smallest absolute Gasteiger partial charge is 0.274 e. The molecular weight excluding hydrogens is 243 g/mol. The first kappa shape index (κ1) is 10.9. The number of nitriles is 1. The van der Waals surface area contributed by atoms with Crippen LogP contribution in [0, 0.1) is 10.7 Å². The Labute approximate surface area is 81.3 Å². The third kappa shape index (κ3) is 10.9. The Morgan fingerprint density at radius 3 is 1.71 bits per heavy atom. The maximum atomic E-state index is 9.19. The van der Waals surface area contributed by atoms with Gasteiger partial charge in [-0.25, -0.2) is 0 Å². The van der Waals surface area contributed by atoms with Crippen molar-refractivity contribution in [2.24, 2.45) is 0 Å². The normalized spacial score (nSPS) is 8.57. The van der Waals surface area contributed by atoms with Crippen LogP contribution in [-0.2, 0) is 10.1 Å². The van der Waals surface area contributed by atoms with E-state index < -0.39 is 10.1 Å². The van der Waals surface area contributed by atoms with Crippen molar-refractivity contribution in [2.45, 2.75) is 0 Å². The van der Waals surface area contributed by atoms with Gasteiger partial charge in [0.1, 0.15) is 0 Å². The standard InChI is InChI=1S/CHNO3S.Ba/c2-1-6(3,4)5;/h(H,3,4,5);. The molecule has 0 aliphatic carbocycles.